The fourth-order valence-corrected chi connectivity index (χ4v) is 0.264. The Morgan fingerprint density at radius 2 is 2.11 bits per heavy atom. The molecule has 0 aromatic rings. The van der Waals surface area contributed by atoms with Crippen molar-refractivity contribution in [1.29, 1.82) is 0 Å². The van der Waals surface area contributed by atoms with E-state index in [-0.39, 0.29) is 0 Å². The zero-order chi connectivity index (χ0) is 7.28. The SMILES string of the molecule is C/C=C(N)/C=C/C(=O)O. The van der Waals surface area contributed by atoms with E-state index in [0.29, 0.717) is 5.70 Å². The van der Waals surface area contributed by atoms with Crippen LogP contribution in [-0.2, 0) is 4.79 Å². The summed E-state index contributed by atoms with van der Waals surface area (Å²) in [6.07, 6.45) is 3.96. The zero-order valence-corrected chi connectivity index (χ0v) is 5.16. The number of hydrogen-bond donors (Lipinski definition) is 2. The summed E-state index contributed by atoms with van der Waals surface area (Å²) >= 11 is 0. The van der Waals surface area contributed by atoms with Crippen LogP contribution in [0.2, 0.25) is 0 Å². The molecule has 0 heterocycles. The number of nitrogens with two attached hydrogens (primary N) is 1. The topological polar surface area (TPSA) is 63.3 Å². The third-order valence-corrected chi connectivity index (χ3v) is 0.752. The summed E-state index contributed by atoms with van der Waals surface area (Å²) < 4.78 is 0. The lowest BCUT2D eigenvalue weighted by Gasteiger charge is -1.84. The molecule has 0 radical (unpaired) electrons. The van der Waals surface area contributed by atoms with Gasteiger partial charge in [0.05, 0.1) is 0 Å². The normalized spacial score (nSPS) is 12.3. The van der Waals surface area contributed by atoms with Crippen LogP contribution in [-0.4, -0.2) is 11.1 Å². The number of rotatable bonds is 2. The second kappa shape index (κ2) is 3.72. The number of carbonyl (C=O) groups is 1. The second-order valence-corrected chi connectivity index (χ2v) is 1.46. The Labute approximate surface area is 53.5 Å². The summed E-state index contributed by atoms with van der Waals surface area (Å²) in [5, 5.41) is 8.09. The van der Waals surface area contributed by atoms with Gasteiger partial charge in [-0.2, -0.15) is 0 Å². The summed E-state index contributed by atoms with van der Waals surface area (Å²) in [7, 11) is 0. The van der Waals surface area contributed by atoms with Gasteiger partial charge in [0.25, 0.3) is 0 Å². The Bertz CT molecular complexity index is 158. The van der Waals surface area contributed by atoms with Crippen LogP contribution < -0.4 is 5.73 Å². The first-order valence-corrected chi connectivity index (χ1v) is 2.49. The molecule has 0 rings (SSSR count). The fraction of sp³-hybridized carbons (Fsp3) is 0.167. The number of carboxylic acids is 1. The van der Waals surface area contributed by atoms with E-state index in [9.17, 15) is 4.79 Å². The highest BCUT2D eigenvalue weighted by atomic mass is 16.4. The highest BCUT2D eigenvalue weighted by Crippen LogP contribution is 1.84. The van der Waals surface area contributed by atoms with E-state index in [1.165, 1.54) is 6.08 Å². The predicted molar refractivity (Wildman–Crippen MR) is 34.7 cm³/mol. The van der Waals surface area contributed by atoms with Gasteiger partial charge in [-0.15, -0.1) is 0 Å². The summed E-state index contributed by atoms with van der Waals surface area (Å²) in [6, 6.07) is 0. The molecule has 3 nitrogen and oxygen atoms in total. The van der Waals surface area contributed by atoms with E-state index in [2.05, 4.69) is 0 Å². The van der Waals surface area contributed by atoms with Gasteiger partial charge in [-0.05, 0) is 13.0 Å². The third kappa shape index (κ3) is 4.61. The van der Waals surface area contributed by atoms with E-state index in [4.69, 9.17) is 10.8 Å². The smallest absolute Gasteiger partial charge is 0.328 e. The Morgan fingerprint density at radius 1 is 1.56 bits per heavy atom. The molecule has 0 amide bonds. The average molecular weight is 127 g/mol. The highest BCUT2D eigenvalue weighted by molar-refractivity contribution is 5.80. The van der Waals surface area contributed by atoms with Crippen LogP contribution in [0.15, 0.2) is 23.9 Å². The summed E-state index contributed by atoms with van der Waals surface area (Å²) in [4.78, 5) is 9.85. The molecule has 3 heteroatoms. The predicted octanol–water partition coefficient (Wildman–Crippen LogP) is 0.490. The molecule has 0 spiro atoms. The van der Waals surface area contributed by atoms with Crippen molar-refractivity contribution >= 4 is 5.97 Å². The van der Waals surface area contributed by atoms with Gasteiger partial charge in [-0.1, -0.05) is 6.08 Å². The summed E-state index contributed by atoms with van der Waals surface area (Å²) in [6.45, 7) is 1.74. The molecule has 0 aliphatic rings. The van der Waals surface area contributed by atoms with E-state index >= 15 is 0 Å². The van der Waals surface area contributed by atoms with Crippen LogP contribution in [0.3, 0.4) is 0 Å². The number of carboxylic acid groups (broad SMARTS) is 1. The van der Waals surface area contributed by atoms with Gasteiger partial charge < -0.3 is 10.8 Å². The molecule has 0 unspecified atom stereocenters. The maximum absolute atomic E-state index is 9.85. The third-order valence-electron chi connectivity index (χ3n) is 0.752. The van der Waals surface area contributed by atoms with Crippen LogP contribution in [0.1, 0.15) is 6.92 Å². The van der Waals surface area contributed by atoms with Gasteiger partial charge in [0.1, 0.15) is 0 Å². The molecule has 0 aliphatic carbocycles. The number of aliphatic carboxylic acids is 1. The van der Waals surface area contributed by atoms with Gasteiger partial charge in [-0.25, -0.2) is 4.79 Å². The molecule has 0 aliphatic heterocycles. The molecular formula is C6H9NO2. The maximum Gasteiger partial charge on any atom is 0.328 e. The zero-order valence-electron chi connectivity index (χ0n) is 5.16. The fourth-order valence-electron chi connectivity index (χ4n) is 0.264. The van der Waals surface area contributed by atoms with Crippen LogP contribution in [0.5, 0.6) is 0 Å². The molecule has 0 saturated heterocycles. The van der Waals surface area contributed by atoms with E-state index in [0.717, 1.165) is 6.08 Å². The molecule has 9 heavy (non-hydrogen) atoms. The van der Waals surface area contributed by atoms with Gasteiger partial charge in [-0.3, -0.25) is 0 Å². The van der Waals surface area contributed by atoms with Crippen molar-refractivity contribution in [3.8, 4) is 0 Å². The molecule has 3 N–H and O–H groups in total. The number of allylic oxidation sites excluding steroid dienone is 2. The quantitative estimate of drug-likeness (QED) is 0.419. The summed E-state index contributed by atoms with van der Waals surface area (Å²) in [5.74, 6) is -0.986. The van der Waals surface area contributed by atoms with Crippen molar-refractivity contribution in [3.05, 3.63) is 23.9 Å². The van der Waals surface area contributed by atoms with Gasteiger partial charge in [0.2, 0.25) is 0 Å². The van der Waals surface area contributed by atoms with Crippen molar-refractivity contribution in [3.63, 3.8) is 0 Å². The largest absolute Gasteiger partial charge is 0.478 e. The minimum absolute atomic E-state index is 0.456. The second-order valence-electron chi connectivity index (χ2n) is 1.46. The molecular weight excluding hydrogens is 118 g/mol. The van der Waals surface area contributed by atoms with Gasteiger partial charge in [0.15, 0.2) is 0 Å². The van der Waals surface area contributed by atoms with Gasteiger partial charge >= 0.3 is 5.97 Å². The standard InChI is InChI=1S/C6H9NO2/c1-2-5(7)3-4-6(8)9/h2-4H,7H2,1H3,(H,8,9)/b4-3+,5-2-. The van der Waals surface area contributed by atoms with Crippen LogP contribution in [0.4, 0.5) is 0 Å². The molecule has 0 saturated carbocycles. The maximum atomic E-state index is 9.85. The minimum atomic E-state index is -0.986. The molecule has 50 valence electrons. The highest BCUT2D eigenvalue weighted by Gasteiger charge is 1.83. The minimum Gasteiger partial charge on any atom is -0.478 e. The molecule has 0 fully saturated rings. The van der Waals surface area contributed by atoms with Crippen molar-refractivity contribution in [2.45, 2.75) is 6.92 Å². The Morgan fingerprint density at radius 3 is 2.44 bits per heavy atom. The lowest BCUT2D eigenvalue weighted by molar-refractivity contribution is -0.131. The average Bonchev–Trinajstić information content (AvgIpc) is 1.83. The van der Waals surface area contributed by atoms with Gasteiger partial charge in [0, 0.05) is 11.8 Å². The molecule has 0 aromatic heterocycles. The number of hydrogen-bond acceptors (Lipinski definition) is 2. The first-order valence-electron chi connectivity index (χ1n) is 2.49. The Balaban J connectivity index is 3.86. The van der Waals surface area contributed by atoms with Crippen LogP contribution in [0, 0.1) is 0 Å². The van der Waals surface area contributed by atoms with Crippen molar-refractivity contribution in [2.24, 2.45) is 5.73 Å². The van der Waals surface area contributed by atoms with E-state index < -0.39 is 5.97 Å². The molecule has 0 aromatic carbocycles. The monoisotopic (exact) mass is 127 g/mol. The first kappa shape index (κ1) is 7.75. The lowest BCUT2D eigenvalue weighted by Crippen LogP contribution is -1.93. The Hall–Kier alpha value is -1.25. The van der Waals surface area contributed by atoms with Crippen molar-refractivity contribution < 1.29 is 9.90 Å². The molecule has 0 atom stereocenters. The van der Waals surface area contributed by atoms with Crippen molar-refractivity contribution in [1.82, 2.24) is 0 Å². The van der Waals surface area contributed by atoms with E-state index in [1.807, 2.05) is 0 Å². The van der Waals surface area contributed by atoms with Crippen LogP contribution in [0.25, 0.3) is 0 Å². The van der Waals surface area contributed by atoms with E-state index in [1.54, 1.807) is 13.0 Å². The van der Waals surface area contributed by atoms with Crippen molar-refractivity contribution in [2.75, 3.05) is 0 Å². The summed E-state index contributed by atoms with van der Waals surface area (Å²) in [5.41, 5.74) is 5.69. The Kier molecular flexibility index (Phi) is 3.20. The first-order chi connectivity index (χ1) is 4.16. The van der Waals surface area contributed by atoms with Crippen LogP contribution >= 0.6 is 0 Å². The molecule has 0 bridgehead atoms. The lowest BCUT2D eigenvalue weighted by atomic mass is 10.4.